The molecule has 26 heavy (non-hydrogen) atoms. The van der Waals surface area contributed by atoms with Gasteiger partial charge >= 0.3 is 0 Å². The van der Waals surface area contributed by atoms with Gasteiger partial charge < -0.3 is 10.6 Å². The zero-order chi connectivity index (χ0) is 18.5. The van der Waals surface area contributed by atoms with Crippen LogP contribution >= 0.6 is 11.6 Å². The average Bonchev–Trinajstić information content (AvgIpc) is 2.65. The summed E-state index contributed by atoms with van der Waals surface area (Å²) in [5, 5.41) is 7.34. The average molecular weight is 368 g/mol. The molecule has 3 aromatic rings. The number of halogens is 1. The minimum Gasteiger partial charge on any atom is -0.352 e. The number of benzene rings is 1. The van der Waals surface area contributed by atoms with Crippen molar-refractivity contribution < 1.29 is 0 Å². The van der Waals surface area contributed by atoms with Crippen molar-refractivity contribution in [1.82, 2.24) is 15.0 Å². The number of hydrogen-bond donors (Lipinski definition) is 2. The number of nitrogens with zero attached hydrogens (tertiary/aromatic N) is 3. The van der Waals surface area contributed by atoms with E-state index in [0.717, 1.165) is 28.9 Å². The maximum Gasteiger partial charge on any atom is 0.225 e. The molecule has 2 N–H and O–H groups in total. The number of anilines is 3. The van der Waals surface area contributed by atoms with Crippen molar-refractivity contribution in [3.8, 4) is 11.3 Å². The molecular weight excluding hydrogens is 346 g/mol. The Bertz CT molecular complexity index is 862. The van der Waals surface area contributed by atoms with Crippen LogP contribution in [0.5, 0.6) is 0 Å². The molecule has 0 aliphatic rings. The number of nitrogens with one attached hydrogen (secondary N) is 2. The first-order valence-corrected chi connectivity index (χ1v) is 9.02. The van der Waals surface area contributed by atoms with Gasteiger partial charge in [0.05, 0.1) is 16.4 Å². The third-order valence-corrected chi connectivity index (χ3v) is 4.46. The Labute approximate surface area is 158 Å². The molecule has 2 aromatic heterocycles. The molecule has 6 heteroatoms. The van der Waals surface area contributed by atoms with Crippen LogP contribution < -0.4 is 10.6 Å². The fourth-order valence-corrected chi connectivity index (χ4v) is 2.75. The van der Waals surface area contributed by atoms with Crippen molar-refractivity contribution in [2.24, 2.45) is 0 Å². The molecule has 3 rings (SSSR count). The monoisotopic (exact) mass is 367 g/mol. The summed E-state index contributed by atoms with van der Waals surface area (Å²) in [7, 11) is 0. The van der Waals surface area contributed by atoms with Crippen molar-refractivity contribution in [3.05, 3.63) is 59.4 Å². The van der Waals surface area contributed by atoms with Gasteiger partial charge in [0.25, 0.3) is 0 Å². The van der Waals surface area contributed by atoms with Crippen LogP contribution in [0.3, 0.4) is 0 Å². The fraction of sp³-hybridized carbons (Fsp3) is 0.250. The Morgan fingerprint density at radius 2 is 2.00 bits per heavy atom. The van der Waals surface area contributed by atoms with Crippen molar-refractivity contribution in [1.29, 1.82) is 0 Å². The summed E-state index contributed by atoms with van der Waals surface area (Å²) in [6.07, 6.45) is 4.52. The van der Waals surface area contributed by atoms with Crippen molar-refractivity contribution in [2.45, 2.75) is 33.2 Å². The number of aromatic nitrogens is 3. The molecule has 0 amide bonds. The third kappa shape index (κ3) is 4.29. The highest BCUT2D eigenvalue weighted by Crippen LogP contribution is 2.30. The van der Waals surface area contributed by atoms with Crippen LogP contribution in [0.15, 0.2) is 48.8 Å². The lowest BCUT2D eigenvalue weighted by molar-refractivity contribution is 0.753. The Hall–Kier alpha value is -2.66. The van der Waals surface area contributed by atoms with Crippen LogP contribution in [-0.2, 0) is 0 Å². The summed E-state index contributed by atoms with van der Waals surface area (Å²) >= 11 is 6.35. The number of rotatable bonds is 6. The molecule has 0 aliphatic carbocycles. The van der Waals surface area contributed by atoms with Crippen molar-refractivity contribution in [3.63, 3.8) is 0 Å². The molecule has 0 saturated heterocycles. The lowest BCUT2D eigenvalue weighted by Crippen LogP contribution is -2.16. The van der Waals surface area contributed by atoms with Gasteiger partial charge in [-0.05, 0) is 44.0 Å². The van der Waals surface area contributed by atoms with E-state index in [9.17, 15) is 0 Å². The first-order valence-electron chi connectivity index (χ1n) is 8.65. The van der Waals surface area contributed by atoms with E-state index in [1.165, 1.54) is 0 Å². The SMILES string of the molecule is CC[C@H](C)Nc1nc(Nc2c(C)cccc2Cl)cc(-c2cccnc2)n1. The van der Waals surface area contributed by atoms with E-state index in [4.69, 9.17) is 11.6 Å². The standard InChI is InChI=1S/C20H22ClN5/c1-4-14(3)23-20-24-17(15-8-6-10-22-12-15)11-18(26-20)25-19-13(2)7-5-9-16(19)21/h5-12,14H,4H2,1-3H3,(H2,23,24,25,26)/t14-/m0/s1. The van der Waals surface area contributed by atoms with E-state index in [0.29, 0.717) is 16.8 Å². The van der Waals surface area contributed by atoms with Gasteiger partial charge in [-0.15, -0.1) is 0 Å². The zero-order valence-corrected chi connectivity index (χ0v) is 15.9. The van der Waals surface area contributed by atoms with E-state index in [1.54, 1.807) is 12.4 Å². The highest BCUT2D eigenvalue weighted by molar-refractivity contribution is 6.33. The normalized spacial score (nSPS) is 11.8. The van der Waals surface area contributed by atoms with Gasteiger partial charge in [0.1, 0.15) is 5.82 Å². The molecule has 1 aromatic carbocycles. The Kier molecular flexibility index (Phi) is 5.68. The third-order valence-electron chi connectivity index (χ3n) is 4.15. The Morgan fingerprint density at radius 3 is 2.69 bits per heavy atom. The summed E-state index contributed by atoms with van der Waals surface area (Å²) in [6, 6.07) is 11.8. The van der Waals surface area contributed by atoms with E-state index >= 15 is 0 Å². The lowest BCUT2D eigenvalue weighted by Gasteiger charge is -2.16. The van der Waals surface area contributed by atoms with Gasteiger partial charge in [0, 0.05) is 30.1 Å². The zero-order valence-electron chi connectivity index (χ0n) is 15.1. The van der Waals surface area contributed by atoms with Crippen LogP contribution in [0, 0.1) is 6.92 Å². The molecule has 0 radical (unpaired) electrons. The van der Waals surface area contributed by atoms with E-state index in [2.05, 4.69) is 39.4 Å². The molecule has 0 bridgehead atoms. The van der Waals surface area contributed by atoms with E-state index in [1.807, 2.05) is 43.3 Å². The fourth-order valence-electron chi connectivity index (χ4n) is 2.48. The van der Waals surface area contributed by atoms with Gasteiger partial charge in [-0.1, -0.05) is 30.7 Å². The maximum atomic E-state index is 6.35. The van der Waals surface area contributed by atoms with Crippen LogP contribution in [0.25, 0.3) is 11.3 Å². The predicted molar refractivity (Wildman–Crippen MR) is 108 cm³/mol. The maximum absolute atomic E-state index is 6.35. The van der Waals surface area contributed by atoms with Crippen LogP contribution in [0.2, 0.25) is 5.02 Å². The predicted octanol–water partition coefficient (Wildman–Crippen LogP) is 5.45. The van der Waals surface area contributed by atoms with E-state index in [-0.39, 0.29) is 6.04 Å². The summed E-state index contributed by atoms with van der Waals surface area (Å²) in [4.78, 5) is 13.4. The second-order valence-corrected chi connectivity index (χ2v) is 6.62. The molecule has 0 aliphatic heterocycles. The van der Waals surface area contributed by atoms with Gasteiger partial charge in [0.2, 0.25) is 5.95 Å². The number of pyridine rings is 1. The van der Waals surface area contributed by atoms with Crippen molar-refractivity contribution >= 4 is 29.1 Å². The number of para-hydroxylation sites is 1. The van der Waals surface area contributed by atoms with E-state index < -0.39 is 0 Å². The molecule has 0 fully saturated rings. The van der Waals surface area contributed by atoms with Gasteiger partial charge in [-0.2, -0.15) is 4.98 Å². The minimum absolute atomic E-state index is 0.272. The molecule has 0 saturated carbocycles. The summed E-state index contributed by atoms with van der Waals surface area (Å²) in [5.74, 6) is 1.26. The largest absolute Gasteiger partial charge is 0.352 e. The van der Waals surface area contributed by atoms with Crippen molar-refractivity contribution in [2.75, 3.05) is 10.6 Å². The first-order chi connectivity index (χ1) is 12.6. The molecule has 5 nitrogen and oxygen atoms in total. The Morgan fingerprint density at radius 1 is 1.15 bits per heavy atom. The molecular formula is C20H22ClN5. The molecule has 2 heterocycles. The van der Waals surface area contributed by atoms with Gasteiger partial charge in [-0.25, -0.2) is 4.98 Å². The van der Waals surface area contributed by atoms with Crippen LogP contribution in [0.1, 0.15) is 25.8 Å². The second kappa shape index (κ2) is 8.15. The quantitative estimate of drug-likeness (QED) is 0.606. The van der Waals surface area contributed by atoms with Crippen LogP contribution in [0.4, 0.5) is 17.5 Å². The number of hydrogen-bond acceptors (Lipinski definition) is 5. The smallest absolute Gasteiger partial charge is 0.225 e. The highest BCUT2D eigenvalue weighted by atomic mass is 35.5. The summed E-state index contributed by atoms with van der Waals surface area (Å²) < 4.78 is 0. The topological polar surface area (TPSA) is 62.7 Å². The summed E-state index contributed by atoms with van der Waals surface area (Å²) in [6.45, 7) is 6.23. The van der Waals surface area contributed by atoms with Gasteiger partial charge in [0.15, 0.2) is 0 Å². The van der Waals surface area contributed by atoms with Crippen LogP contribution in [-0.4, -0.2) is 21.0 Å². The van der Waals surface area contributed by atoms with Gasteiger partial charge in [-0.3, -0.25) is 4.98 Å². The number of aryl methyl sites for hydroxylation is 1. The first kappa shape index (κ1) is 18.1. The highest BCUT2D eigenvalue weighted by Gasteiger charge is 2.11. The molecule has 1 atom stereocenters. The summed E-state index contributed by atoms with van der Waals surface area (Å²) in [5.41, 5.74) is 3.63. The molecule has 0 spiro atoms. The minimum atomic E-state index is 0.272. The molecule has 134 valence electrons. The molecule has 0 unspecified atom stereocenters. The Balaban J connectivity index is 2.02. The second-order valence-electron chi connectivity index (χ2n) is 6.21. The lowest BCUT2D eigenvalue weighted by atomic mass is 10.2.